The molecule has 0 bridgehead atoms. The van der Waals surface area contributed by atoms with Crippen LogP contribution in [0.2, 0.25) is 0 Å². The van der Waals surface area contributed by atoms with Crippen LogP contribution in [0.4, 0.5) is 0 Å². The smallest absolute Gasteiger partial charge is 0.268 e. The minimum absolute atomic E-state index is 0.0462. The number of unbranched alkanes of at least 4 members (excludes halogenated alkanes) is 1. The molecule has 1 aromatic heterocycles. The summed E-state index contributed by atoms with van der Waals surface area (Å²) >= 11 is 0. The lowest BCUT2D eigenvalue weighted by atomic mass is 9.89. The van der Waals surface area contributed by atoms with Gasteiger partial charge in [0, 0.05) is 23.6 Å². The fourth-order valence-corrected chi connectivity index (χ4v) is 5.49. The van der Waals surface area contributed by atoms with Crippen molar-refractivity contribution in [2.75, 3.05) is 0 Å². The average molecular weight is 446 g/mol. The predicted octanol–water partition coefficient (Wildman–Crippen LogP) is 6.54. The Bertz CT molecular complexity index is 1380. The second-order valence-corrected chi connectivity index (χ2v) is 10.0. The van der Waals surface area contributed by atoms with Crippen molar-refractivity contribution in [2.24, 2.45) is 0 Å². The van der Waals surface area contributed by atoms with E-state index in [0.29, 0.717) is 22.9 Å². The number of hydrogen-bond acceptors (Lipinski definition) is 3. The van der Waals surface area contributed by atoms with Crippen LogP contribution in [-0.2, 0) is 10.0 Å². The Morgan fingerprint density at radius 2 is 1.62 bits per heavy atom. The number of hydrogen-bond donors (Lipinski definition) is 0. The third kappa shape index (κ3) is 3.89. The standard InChI is InChI=1S/C27H27NO3S/c1-4-5-11-25(29)27-23-16-17-28(32(30,31)22-14-12-19(2)13-15-22)24(23)18-20(3)26(27)21-9-7-6-8-10-21/h6-10,12-18H,4-5,11H2,1-3H3. The summed E-state index contributed by atoms with van der Waals surface area (Å²) in [5.74, 6) is 0.0462. The van der Waals surface area contributed by atoms with Gasteiger partial charge in [0.25, 0.3) is 10.0 Å². The summed E-state index contributed by atoms with van der Waals surface area (Å²) in [6.45, 7) is 5.92. The zero-order valence-electron chi connectivity index (χ0n) is 18.6. The van der Waals surface area contributed by atoms with Crippen LogP contribution in [0.25, 0.3) is 22.0 Å². The number of rotatable bonds is 7. The molecule has 0 radical (unpaired) electrons. The van der Waals surface area contributed by atoms with Gasteiger partial charge in [-0.1, -0.05) is 61.4 Å². The Kier molecular flexibility index (Phi) is 6.02. The summed E-state index contributed by atoms with van der Waals surface area (Å²) in [5, 5.41) is 0.672. The molecule has 0 aliphatic heterocycles. The van der Waals surface area contributed by atoms with E-state index in [0.717, 1.165) is 35.1 Å². The zero-order chi connectivity index (χ0) is 22.9. The summed E-state index contributed by atoms with van der Waals surface area (Å²) in [4.78, 5) is 13.6. The van der Waals surface area contributed by atoms with Gasteiger partial charge in [0.2, 0.25) is 0 Å². The lowest BCUT2D eigenvalue weighted by Crippen LogP contribution is -2.12. The number of ketones is 1. The van der Waals surface area contributed by atoms with E-state index in [4.69, 9.17) is 0 Å². The van der Waals surface area contributed by atoms with Gasteiger partial charge >= 0.3 is 0 Å². The third-order valence-corrected chi connectivity index (χ3v) is 7.54. The molecule has 0 unspecified atom stereocenters. The van der Waals surface area contributed by atoms with Crippen LogP contribution in [0.3, 0.4) is 0 Å². The fourth-order valence-electron chi connectivity index (χ4n) is 4.15. The summed E-state index contributed by atoms with van der Waals surface area (Å²) in [5.41, 5.74) is 4.85. The highest BCUT2D eigenvalue weighted by molar-refractivity contribution is 7.90. The first-order valence-electron chi connectivity index (χ1n) is 10.9. The van der Waals surface area contributed by atoms with E-state index < -0.39 is 10.0 Å². The van der Waals surface area contributed by atoms with Crippen LogP contribution in [0.5, 0.6) is 0 Å². The van der Waals surface area contributed by atoms with E-state index in [1.807, 2.05) is 50.2 Å². The molecule has 0 atom stereocenters. The van der Waals surface area contributed by atoms with Gasteiger partial charge in [-0.05, 0) is 61.2 Å². The normalized spacial score (nSPS) is 11.7. The number of nitrogens with zero attached hydrogens (tertiary/aromatic N) is 1. The van der Waals surface area contributed by atoms with E-state index in [1.165, 1.54) is 3.97 Å². The largest absolute Gasteiger partial charge is 0.294 e. The summed E-state index contributed by atoms with van der Waals surface area (Å²) in [6.07, 6.45) is 3.71. The molecule has 32 heavy (non-hydrogen) atoms. The Balaban J connectivity index is 1.98. The number of Topliss-reactive ketones (excluding diaryl/α,β-unsaturated/α-hetero) is 1. The molecule has 4 aromatic rings. The predicted molar refractivity (Wildman–Crippen MR) is 130 cm³/mol. The van der Waals surface area contributed by atoms with Crippen LogP contribution < -0.4 is 0 Å². The molecule has 0 aliphatic rings. The Morgan fingerprint density at radius 3 is 2.28 bits per heavy atom. The van der Waals surface area contributed by atoms with Gasteiger partial charge in [-0.15, -0.1) is 0 Å². The number of carbonyl (C=O) groups excluding carboxylic acids is 1. The molecule has 4 nitrogen and oxygen atoms in total. The van der Waals surface area contributed by atoms with Crippen molar-refractivity contribution in [3.63, 3.8) is 0 Å². The molecule has 5 heteroatoms. The quantitative estimate of drug-likeness (QED) is 0.304. The molecule has 0 saturated carbocycles. The van der Waals surface area contributed by atoms with Crippen molar-refractivity contribution < 1.29 is 13.2 Å². The van der Waals surface area contributed by atoms with Gasteiger partial charge in [-0.2, -0.15) is 0 Å². The molecule has 164 valence electrons. The molecule has 1 heterocycles. The second kappa shape index (κ2) is 8.75. The number of benzene rings is 3. The first-order valence-corrected chi connectivity index (χ1v) is 12.3. The minimum Gasteiger partial charge on any atom is -0.294 e. The van der Waals surface area contributed by atoms with Crippen molar-refractivity contribution in [3.8, 4) is 11.1 Å². The topological polar surface area (TPSA) is 56.1 Å². The first-order chi connectivity index (χ1) is 15.3. The number of carbonyl (C=O) groups is 1. The highest BCUT2D eigenvalue weighted by Gasteiger charge is 2.24. The Hall–Kier alpha value is -3.18. The maximum absolute atomic E-state index is 13.4. The van der Waals surface area contributed by atoms with Crippen molar-refractivity contribution in [1.82, 2.24) is 3.97 Å². The van der Waals surface area contributed by atoms with Gasteiger partial charge in [0.15, 0.2) is 5.78 Å². The average Bonchev–Trinajstić information content (AvgIpc) is 3.21. The molecule has 4 rings (SSSR count). The van der Waals surface area contributed by atoms with Gasteiger partial charge in [0.1, 0.15) is 0 Å². The minimum atomic E-state index is -3.79. The van der Waals surface area contributed by atoms with Crippen LogP contribution in [0, 0.1) is 13.8 Å². The number of aromatic nitrogens is 1. The third-order valence-electron chi connectivity index (χ3n) is 5.83. The van der Waals surface area contributed by atoms with Crippen LogP contribution in [-0.4, -0.2) is 18.2 Å². The molecule has 0 amide bonds. The molecule has 0 fully saturated rings. The number of fused-ring (bicyclic) bond motifs is 1. The maximum Gasteiger partial charge on any atom is 0.268 e. The Labute approximate surface area is 189 Å². The molecular weight excluding hydrogens is 418 g/mol. The van der Waals surface area contributed by atoms with E-state index in [-0.39, 0.29) is 10.7 Å². The van der Waals surface area contributed by atoms with Gasteiger partial charge in [-0.25, -0.2) is 12.4 Å². The van der Waals surface area contributed by atoms with Crippen molar-refractivity contribution >= 4 is 26.7 Å². The van der Waals surface area contributed by atoms with Crippen LogP contribution in [0.15, 0.2) is 77.8 Å². The first kappa shape index (κ1) is 22.0. The van der Waals surface area contributed by atoms with Crippen molar-refractivity contribution in [3.05, 3.63) is 89.6 Å². The monoisotopic (exact) mass is 445 g/mol. The van der Waals surface area contributed by atoms with Gasteiger partial charge in [0.05, 0.1) is 10.4 Å². The molecular formula is C27H27NO3S. The van der Waals surface area contributed by atoms with E-state index in [1.54, 1.807) is 36.5 Å². The SMILES string of the molecule is CCCCC(=O)c1c(-c2ccccc2)c(C)cc2c1ccn2S(=O)(=O)c1ccc(C)cc1. The van der Waals surface area contributed by atoms with Crippen molar-refractivity contribution in [1.29, 1.82) is 0 Å². The summed E-state index contributed by atoms with van der Waals surface area (Å²) in [7, 11) is -3.79. The van der Waals surface area contributed by atoms with Gasteiger partial charge < -0.3 is 0 Å². The molecule has 0 saturated heterocycles. The lowest BCUT2D eigenvalue weighted by molar-refractivity contribution is 0.0982. The molecule has 0 aliphatic carbocycles. The van der Waals surface area contributed by atoms with E-state index in [9.17, 15) is 13.2 Å². The highest BCUT2D eigenvalue weighted by atomic mass is 32.2. The zero-order valence-corrected chi connectivity index (χ0v) is 19.4. The number of aryl methyl sites for hydroxylation is 2. The second-order valence-electron chi connectivity index (χ2n) is 8.20. The fraction of sp³-hybridized carbons (Fsp3) is 0.222. The van der Waals surface area contributed by atoms with Crippen LogP contribution >= 0.6 is 0 Å². The highest BCUT2D eigenvalue weighted by Crippen LogP contribution is 2.36. The molecule has 0 spiro atoms. The van der Waals surface area contributed by atoms with E-state index >= 15 is 0 Å². The molecule has 3 aromatic carbocycles. The van der Waals surface area contributed by atoms with Gasteiger partial charge in [-0.3, -0.25) is 4.79 Å². The van der Waals surface area contributed by atoms with Crippen LogP contribution in [0.1, 0.15) is 47.7 Å². The Morgan fingerprint density at radius 1 is 0.938 bits per heavy atom. The maximum atomic E-state index is 13.4. The molecule has 0 N–H and O–H groups in total. The van der Waals surface area contributed by atoms with Crippen molar-refractivity contribution in [2.45, 2.75) is 44.9 Å². The lowest BCUT2D eigenvalue weighted by Gasteiger charge is -2.16. The summed E-state index contributed by atoms with van der Waals surface area (Å²) in [6, 6.07) is 20.3. The summed E-state index contributed by atoms with van der Waals surface area (Å²) < 4.78 is 28.1. The van der Waals surface area contributed by atoms with E-state index in [2.05, 4.69) is 6.92 Å².